The molecular formula is C23H34N4O3S. The number of hydrogen-bond acceptors (Lipinski definition) is 4. The van der Waals surface area contributed by atoms with Crippen molar-refractivity contribution in [2.75, 3.05) is 18.4 Å². The van der Waals surface area contributed by atoms with Crippen LogP contribution in [0.2, 0.25) is 0 Å². The van der Waals surface area contributed by atoms with Crippen LogP contribution in [-0.4, -0.2) is 41.5 Å². The van der Waals surface area contributed by atoms with Crippen LogP contribution in [0.1, 0.15) is 56.5 Å². The molecule has 170 valence electrons. The number of sulfonamides is 1. The molecule has 1 N–H and O–H groups in total. The number of carbonyl (C=O) groups excluding carboxylic acids is 1. The molecule has 0 radical (unpaired) electrons. The number of rotatable bonds is 7. The molecule has 8 heteroatoms. The summed E-state index contributed by atoms with van der Waals surface area (Å²) in [7, 11) is -3.49. The number of aromatic nitrogens is 2. The van der Waals surface area contributed by atoms with Gasteiger partial charge < -0.3 is 5.32 Å². The van der Waals surface area contributed by atoms with E-state index in [0.717, 1.165) is 49.2 Å². The van der Waals surface area contributed by atoms with Crippen LogP contribution >= 0.6 is 0 Å². The number of amides is 1. The summed E-state index contributed by atoms with van der Waals surface area (Å²) in [5.41, 5.74) is 3.41. The summed E-state index contributed by atoms with van der Waals surface area (Å²) < 4.78 is 29.3. The molecule has 0 saturated carbocycles. The van der Waals surface area contributed by atoms with Crippen LogP contribution in [0, 0.1) is 19.8 Å². The van der Waals surface area contributed by atoms with E-state index in [-0.39, 0.29) is 17.2 Å². The summed E-state index contributed by atoms with van der Waals surface area (Å²) in [6.07, 6.45) is 4.20. The first-order chi connectivity index (χ1) is 14.7. The fourth-order valence-corrected chi connectivity index (χ4v) is 5.54. The van der Waals surface area contributed by atoms with E-state index in [2.05, 4.69) is 24.3 Å². The number of anilines is 1. The molecule has 0 unspecified atom stereocenters. The SMILES string of the molecule is Cc1nn(CC(C)C)c(C)c1CC(=O)Nc1ccc(S(=O)(=O)N2CCCCCC2)cc1. The van der Waals surface area contributed by atoms with E-state index in [1.165, 1.54) is 0 Å². The minimum Gasteiger partial charge on any atom is -0.326 e. The molecule has 0 spiro atoms. The summed E-state index contributed by atoms with van der Waals surface area (Å²) in [6, 6.07) is 6.47. The summed E-state index contributed by atoms with van der Waals surface area (Å²) in [5, 5.41) is 7.44. The molecule has 2 aromatic rings. The highest BCUT2D eigenvalue weighted by Crippen LogP contribution is 2.22. The maximum Gasteiger partial charge on any atom is 0.243 e. The first-order valence-corrected chi connectivity index (χ1v) is 12.6. The molecular weight excluding hydrogens is 412 g/mol. The summed E-state index contributed by atoms with van der Waals surface area (Å²) >= 11 is 0. The van der Waals surface area contributed by atoms with Crippen molar-refractivity contribution in [3.05, 3.63) is 41.2 Å². The minimum atomic E-state index is -3.49. The molecule has 3 rings (SSSR count). The number of benzene rings is 1. The number of nitrogens with zero attached hydrogens (tertiary/aromatic N) is 3. The van der Waals surface area contributed by atoms with Crippen molar-refractivity contribution >= 4 is 21.6 Å². The molecule has 2 heterocycles. The number of hydrogen-bond donors (Lipinski definition) is 1. The average Bonchev–Trinajstić information content (AvgIpc) is 2.92. The smallest absolute Gasteiger partial charge is 0.243 e. The molecule has 1 aromatic heterocycles. The molecule has 1 fully saturated rings. The maximum atomic E-state index is 12.9. The van der Waals surface area contributed by atoms with Crippen LogP contribution in [0.25, 0.3) is 0 Å². The van der Waals surface area contributed by atoms with Crippen LogP contribution < -0.4 is 5.32 Å². The zero-order chi connectivity index (χ0) is 22.6. The average molecular weight is 447 g/mol. The Kier molecular flexibility index (Phi) is 7.54. The van der Waals surface area contributed by atoms with Crippen molar-refractivity contribution in [1.29, 1.82) is 0 Å². The molecule has 1 saturated heterocycles. The molecule has 7 nitrogen and oxygen atoms in total. The third kappa shape index (κ3) is 5.74. The number of nitrogens with one attached hydrogen (secondary N) is 1. The fraction of sp³-hybridized carbons (Fsp3) is 0.565. The Morgan fingerprint density at radius 1 is 1.06 bits per heavy atom. The Bertz CT molecular complexity index is 1000. The quantitative estimate of drug-likeness (QED) is 0.699. The topological polar surface area (TPSA) is 84.3 Å². The highest BCUT2D eigenvalue weighted by molar-refractivity contribution is 7.89. The van der Waals surface area contributed by atoms with Crippen LogP contribution in [0.15, 0.2) is 29.2 Å². The second-order valence-corrected chi connectivity index (χ2v) is 10.7. The Hall–Kier alpha value is -2.19. The predicted molar refractivity (Wildman–Crippen MR) is 123 cm³/mol. The van der Waals surface area contributed by atoms with E-state index < -0.39 is 10.0 Å². The molecule has 1 aliphatic heterocycles. The lowest BCUT2D eigenvalue weighted by Gasteiger charge is -2.20. The van der Waals surface area contributed by atoms with Crippen molar-refractivity contribution in [2.24, 2.45) is 5.92 Å². The lowest BCUT2D eigenvalue weighted by molar-refractivity contribution is -0.115. The van der Waals surface area contributed by atoms with Crippen LogP contribution in [-0.2, 0) is 27.8 Å². The Morgan fingerprint density at radius 3 is 2.26 bits per heavy atom. The van der Waals surface area contributed by atoms with E-state index >= 15 is 0 Å². The van der Waals surface area contributed by atoms with Gasteiger partial charge in [-0.15, -0.1) is 0 Å². The lowest BCUT2D eigenvalue weighted by atomic mass is 10.1. The zero-order valence-corrected chi connectivity index (χ0v) is 19.8. The van der Waals surface area contributed by atoms with Gasteiger partial charge in [-0.05, 0) is 56.9 Å². The van der Waals surface area contributed by atoms with Gasteiger partial charge >= 0.3 is 0 Å². The van der Waals surface area contributed by atoms with Crippen LogP contribution in [0.3, 0.4) is 0 Å². The highest BCUT2D eigenvalue weighted by Gasteiger charge is 2.25. The molecule has 1 amide bonds. The Balaban J connectivity index is 1.66. The normalized spacial score (nSPS) is 15.8. The highest BCUT2D eigenvalue weighted by atomic mass is 32.2. The van der Waals surface area contributed by atoms with Gasteiger partial charge in [0, 0.05) is 36.6 Å². The standard InChI is InChI=1S/C23H34N4O3S/c1-17(2)16-27-19(4)22(18(3)25-27)15-23(28)24-20-9-11-21(12-10-20)31(29,30)26-13-7-5-6-8-14-26/h9-12,17H,5-8,13-16H2,1-4H3,(H,24,28). The monoisotopic (exact) mass is 446 g/mol. The molecule has 0 bridgehead atoms. The van der Waals surface area contributed by atoms with Crippen molar-refractivity contribution < 1.29 is 13.2 Å². The van der Waals surface area contributed by atoms with Gasteiger partial charge in [0.25, 0.3) is 0 Å². The molecule has 31 heavy (non-hydrogen) atoms. The summed E-state index contributed by atoms with van der Waals surface area (Å²) in [6.45, 7) is 10.2. The summed E-state index contributed by atoms with van der Waals surface area (Å²) in [4.78, 5) is 12.9. The third-order valence-electron chi connectivity index (χ3n) is 5.75. The first kappa shape index (κ1) is 23.5. The molecule has 1 aliphatic rings. The maximum absolute atomic E-state index is 12.9. The van der Waals surface area contributed by atoms with E-state index in [0.29, 0.717) is 24.7 Å². The van der Waals surface area contributed by atoms with Crippen molar-refractivity contribution in [3.8, 4) is 0 Å². The second kappa shape index (κ2) is 9.96. The van der Waals surface area contributed by atoms with Gasteiger partial charge in [0.2, 0.25) is 15.9 Å². The van der Waals surface area contributed by atoms with E-state index in [1.54, 1.807) is 28.6 Å². The second-order valence-electron chi connectivity index (χ2n) is 8.79. The summed E-state index contributed by atoms with van der Waals surface area (Å²) in [5.74, 6) is 0.335. The van der Waals surface area contributed by atoms with Gasteiger partial charge in [-0.3, -0.25) is 9.48 Å². The van der Waals surface area contributed by atoms with Gasteiger partial charge in [-0.2, -0.15) is 9.40 Å². The number of aryl methyl sites for hydroxylation is 1. The Morgan fingerprint density at radius 2 is 1.68 bits per heavy atom. The van der Waals surface area contributed by atoms with Gasteiger partial charge in [-0.1, -0.05) is 26.7 Å². The molecule has 1 aromatic carbocycles. The van der Waals surface area contributed by atoms with E-state index in [9.17, 15) is 13.2 Å². The zero-order valence-electron chi connectivity index (χ0n) is 19.0. The minimum absolute atomic E-state index is 0.140. The van der Waals surface area contributed by atoms with Crippen LogP contribution in [0.4, 0.5) is 5.69 Å². The van der Waals surface area contributed by atoms with Crippen molar-refractivity contribution in [2.45, 2.75) is 71.2 Å². The molecule has 0 atom stereocenters. The van der Waals surface area contributed by atoms with Gasteiger partial charge in [0.05, 0.1) is 17.0 Å². The Labute approximate surface area is 185 Å². The van der Waals surface area contributed by atoms with Crippen molar-refractivity contribution in [1.82, 2.24) is 14.1 Å². The van der Waals surface area contributed by atoms with Crippen molar-refractivity contribution in [3.63, 3.8) is 0 Å². The first-order valence-electron chi connectivity index (χ1n) is 11.1. The predicted octanol–water partition coefficient (Wildman–Crippen LogP) is 3.90. The third-order valence-corrected chi connectivity index (χ3v) is 7.66. The van der Waals surface area contributed by atoms with Gasteiger partial charge in [-0.25, -0.2) is 8.42 Å². The van der Waals surface area contributed by atoms with Gasteiger partial charge in [0.15, 0.2) is 0 Å². The van der Waals surface area contributed by atoms with Crippen LogP contribution in [0.5, 0.6) is 0 Å². The fourth-order valence-electron chi connectivity index (χ4n) is 4.02. The number of carbonyl (C=O) groups is 1. The lowest BCUT2D eigenvalue weighted by Crippen LogP contribution is -2.31. The van der Waals surface area contributed by atoms with Gasteiger partial charge in [0.1, 0.15) is 0 Å². The largest absolute Gasteiger partial charge is 0.326 e. The van der Waals surface area contributed by atoms with E-state index in [1.807, 2.05) is 18.5 Å². The van der Waals surface area contributed by atoms with E-state index in [4.69, 9.17) is 0 Å². The molecule has 0 aliphatic carbocycles.